The Balaban J connectivity index is 2.03. The molecule has 1 aromatic carbocycles. The van der Waals surface area contributed by atoms with Gasteiger partial charge in [-0.05, 0) is 38.1 Å². The minimum atomic E-state index is -0.449. The van der Waals surface area contributed by atoms with E-state index < -0.39 is 5.82 Å². The Morgan fingerprint density at radius 1 is 1.08 bits per heavy atom. The summed E-state index contributed by atoms with van der Waals surface area (Å²) in [5, 5.41) is 6.40. The summed E-state index contributed by atoms with van der Waals surface area (Å²) in [6.07, 6.45) is 3.38. The number of hydrogen-bond acceptors (Lipinski definition) is 5. The number of nitrogens with zero attached hydrogens (tertiary/aromatic N) is 3. The van der Waals surface area contributed by atoms with Crippen LogP contribution in [0.4, 0.5) is 21.8 Å². The van der Waals surface area contributed by atoms with Gasteiger partial charge in [0.05, 0.1) is 16.4 Å². The van der Waals surface area contributed by atoms with E-state index in [0.29, 0.717) is 17.5 Å². The number of pyridine rings is 1. The Kier molecular flexibility index (Phi) is 5.09. The van der Waals surface area contributed by atoms with E-state index in [4.69, 9.17) is 11.6 Å². The number of nitrogens with one attached hydrogen (secondary N) is 2. The van der Waals surface area contributed by atoms with E-state index in [-0.39, 0.29) is 16.8 Å². The lowest BCUT2D eigenvalue weighted by Gasteiger charge is -2.14. The number of benzene rings is 1. The highest BCUT2D eigenvalue weighted by atomic mass is 35.5. The highest BCUT2D eigenvalue weighted by Gasteiger charge is 2.12. The molecule has 0 aliphatic heterocycles. The topological polar surface area (TPSA) is 62.7 Å². The molecule has 0 radical (unpaired) electrons. The first-order chi connectivity index (χ1) is 12.0. The van der Waals surface area contributed by atoms with Crippen LogP contribution in [0.2, 0.25) is 5.02 Å². The molecule has 3 aromatic rings. The van der Waals surface area contributed by atoms with Crippen LogP contribution in [0.15, 0.2) is 48.8 Å². The summed E-state index contributed by atoms with van der Waals surface area (Å²) in [7, 11) is 0. The molecular formula is C18H17ClFN5. The fourth-order valence-electron chi connectivity index (χ4n) is 2.25. The van der Waals surface area contributed by atoms with Gasteiger partial charge in [0, 0.05) is 30.1 Å². The van der Waals surface area contributed by atoms with Crippen LogP contribution in [0, 0.1) is 5.82 Å². The first-order valence-electron chi connectivity index (χ1n) is 7.80. The van der Waals surface area contributed by atoms with Crippen LogP contribution in [-0.2, 0) is 0 Å². The number of para-hydroxylation sites is 1. The maximum absolute atomic E-state index is 14.1. The molecule has 25 heavy (non-hydrogen) atoms. The molecule has 0 atom stereocenters. The average molecular weight is 358 g/mol. The normalized spacial score (nSPS) is 10.8. The van der Waals surface area contributed by atoms with Gasteiger partial charge in [0.2, 0.25) is 5.95 Å². The summed E-state index contributed by atoms with van der Waals surface area (Å²) in [6, 6.07) is 10.1. The molecule has 2 N–H and O–H groups in total. The van der Waals surface area contributed by atoms with Crippen LogP contribution < -0.4 is 10.6 Å². The van der Waals surface area contributed by atoms with Gasteiger partial charge in [-0.3, -0.25) is 4.98 Å². The van der Waals surface area contributed by atoms with Gasteiger partial charge in [-0.15, -0.1) is 0 Å². The Morgan fingerprint density at radius 2 is 1.84 bits per heavy atom. The third kappa shape index (κ3) is 4.22. The molecule has 0 saturated carbocycles. The summed E-state index contributed by atoms with van der Waals surface area (Å²) in [5.74, 6) is 0.436. The van der Waals surface area contributed by atoms with Crippen LogP contribution in [0.25, 0.3) is 11.3 Å². The third-order valence-electron chi connectivity index (χ3n) is 3.34. The maximum Gasteiger partial charge on any atom is 0.225 e. The molecule has 2 aromatic heterocycles. The Bertz CT molecular complexity index is 850. The van der Waals surface area contributed by atoms with Gasteiger partial charge in [0.25, 0.3) is 0 Å². The third-order valence-corrected chi connectivity index (χ3v) is 3.65. The molecule has 3 rings (SSSR count). The molecule has 128 valence electrons. The summed E-state index contributed by atoms with van der Waals surface area (Å²) >= 11 is 6.09. The Labute approximate surface area is 150 Å². The predicted molar refractivity (Wildman–Crippen MR) is 98.7 cm³/mol. The van der Waals surface area contributed by atoms with Gasteiger partial charge < -0.3 is 10.6 Å². The minimum absolute atomic E-state index is 0.151. The Morgan fingerprint density at radius 3 is 2.52 bits per heavy atom. The summed E-state index contributed by atoms with van der Waals surface area (Å²) in [5.41, 5.74) is 1.75. The van der Waals surface area contributed by atoms with Gasteiger partial charge in [-0.25, -0.2) is 9.37 Å². The number of hydrogen-bond donors (Lipinski definition) is 2. The van der Waals surface area contributed by atoms with Crippen molar-refractivity contribution >= 4 is 29.1 Å². The molecule has 0 amide bonds. The van der Waals surface area contributed by atoms with Gasteiger partial charge in [-0.1, -0.05) is 17.7 Å². The molecule has 0 aliphatic carbocycles. The van der Waals surface area contributed by atoms with Crippen LogP contribution in [0.1, 0.15) is 13.8 Å². The van der Waals surface area contributed by atoms with Crippen LogP contribution >= 0.6 is 11.6 Å². The second kappa shape index (κ2) is 7.44. The average Bonchev–Trinajstić information content (AvgIpc) is 2.58. The zero-order chi connectivity index (χ0) is 17.8. The quantitative estimate of drug-likeness (QED) is 0.680. The van der Waals surface area contributed by atoms with Crippen molar-refractivity contribution in [3.8, 4) is 11.3 Å². The standard InChI is InChI=1S/C18H17ClFN5/c1-11(2)22-18-23-15(12-6-8-21-9-7-12)10-16(25-18)24-17-13(19)4-3-5-14(17)20/h3-11H,1-2H3,(H2,22,23,24,25). The second-order valence-corrected chi connectivity index (χ2v) is 6.13. The minimum Gasteiger partial charge on any atom is -0.352 e. The highest BCUT2D eigenvalue weighted by molar-refractivity contribution is 6.33. The molecule has 7 heteroatoms. The summed E-state index contributed by atoms with van der Waals surface area (Å²) in [4.78, 5) is 12.9. The van der Waals surface area contributed by atoms with E-state index in [1.807, 2.05) is 26.0 Å². The number of anilines is 3. The highest BCUT2D eigenvalue weighted by Crippen LogP contribution is 2.29. The van der Waals surface area contributed by atoms with E-state index in [1.54, 1.807) is 30.6 Å². The van der Waals surface area contributed by atoms with Crippen molar-refractivity contribution in [2.24, 2.45) is 0 Å². The van der Waals surface area contributed by atoms with Gasteiger partial charge in [0.15, 0.2) is 0 Å². The SMILES string of the molecule is CC(C)Nc1nc(Nc2c(F)cccc2Cl)cc(-c2ccncc2)n1. The number of halogens is 2. The lowest BCUT2D eigenvalue weighted by atomic mass is 10.2. The molecule has 0 fully saturated rings. The molecule has 0 bridgehead atoms. The van der Waals surface area contributed by atoms with Crippen LogP contribution in [0.3, 0.4) is 0 Å². The van der Waals surface area contributed by atoms with Crippen molar-refractivity contribution in [2.75, 3.05) is 10.6 Å². The van der Waals surface area contributed by atoms with Crippen molar-refractivity contribution < 1.29 is 4.39 Å². The molecule has 0 saturated heterocycles. The molecule has 2 heterocycles. The number of aromatic nitrogens is 3. The molecule has 5 nitrogen and oxygen atoms in total. The fraction of sp³-hybridized carbons (Fsp3) is 0.167. The lowest BCUT2D eigenvalue weighted by Crippen LogP contribution is -2.13. The largest absolute Gasteiger partial charge is 0.352 e. The molecule has 0 aliphatic rings. The van der Waals surface area contributed by atoms with E-state index >= 15 is 0 Å². The monoisotopic (exact) mass is 357 g/mol. The summed E-state index contributed by atoms with van der Waals surface area (Å²) in [6.45, 7) is 3.98. The molecule has 0 unspecified atom stereocenters. The second-order valence-electron chi connectivity index (χ2n) is 5.72. The number of rotatable bonds is 5. The maximum atomic E-state index is 14.1. The van der Waals surface area contributed by atoms with Gasteiger partial charge in [-0.2, -0.15) is 4.98 Å². The van der Waals surface area contributed by atoms with Gasteiger partial charge >= 0.3 is 0 Å². The van der Waals surface area contributed by atoms with Crippen molar-refractivity contribution in [3.05, 3.63) is 59.6 Å². The van der Waals surface area contributed by atoms with Crippen LogP contribution in [-0.4, -0.2) is 21.0 Å². The van der Waals surface area contributed by atoms with Crippen molar-refractivity contribution in [1.29, 1.82) is 0 Å². The van der Waals surface area contributed by atoms with Crippen molar-refractivity contribution in [3.63, 3.8) is 0 Å². The van der Waals surface area contributed by atoms with E-state index in [1.165, 1.54) is 6.07 Å². The fourth-order valence-corrected chi connectivity index (χ4v) is 2.46. The molecule has 0 spiro atoms. The first kappa shape index (κ1) is 17.1. The first-order valence-corrected chi connectivity index (χ1v) is 8.18. The van der Waals surface area contributed by atoms with Gasteiger partial charge in [0.1, 0.15) is 11.6 Å². The zero-order valence-electron chi connectivity index (χ0n) is 13.8. The van der Waals surface area contributed by atoms with Crippen molar-refractivity contribution in [1.82, 2.24) is 15.0 Å². The van der Waals surface area contributed by atoms with E-state index in [2.05, 4.69) is 25.6 Å². The summed E-state index contributed by atoms with van der Waals surface area (Å²) < 4.78 is 14.1. The lowest BCUT2D eigenvalue weighted by molar-refractivity contribution is 0.632. The predicted octanol–water partition coefficient (Wildman–Crippen LogP) is 4.90. The zero-order valence-corrected chi connectivity index (χ0v) is 14.5. The molecular weight excluding hydrogens is 341 g/mol. The smallest absolute Gasteiger partial charge is 0.225 e. The van der Waals surface area contributed by atoms with Crippen LogP contribution in [0.5, 0.6) is 0 Å². The Hall–Kier alpha value is -2.73. The van der Waals surface area contributed by atoms with E-state index in [9.17, 15) is 4.39 Å². The van der Waals surface area contributed by atoms with Crippen molar-refractivity contribution in [2.45, 2.75) is 19.9 Å². The van der Waals surface area contributed by atoms with E-state index in [0.717, 1.165) is 5.56 Å².